The molecular weight excluding hydrogens is 534 g/mol. The van der Waals surface area contributed by atoms with Gasteiger partial charge in [0, 0.05) is 46.8 Å². The van der Waals surface area contributed by atoms with Gasteiger partial charge in [0.15, 0.2) is 0 Å². The molecule has 6 nitrogen and oxygen atoms in total. The van der Waals surface area contributed by atoms with Gasteiger partial charge in [-0.15, -0.1) is 0 Å². The Morgan fingerprint density at radius 2 is 2.09 bits per heavy atom. The molecule has 0 aliphatic carbocycles. The summed E-state index contributed by atoms with van der Waals surface area (Å²) in [7, 11) is 0. The second-order valence-corrected chi connectivity index (χ2v) is 12.0. The third kappa shape index (κ3) is 4.98. The molecule has 3 aliphatic rings. The summed E-state index contributed by atoms with van der Waals surface area (Å²) < 4.78 is 9.23. The van der Waals surface area contributed by atoms with E-state index in [-0.39, 0.29) is 17.9 Å². The number of hydrogen-bond donors (Lipinski definition) is 0. The van der Waals surface area contributed by atoms with Gasteiger partial charge in [0.25, 0.3) is 5.91 Å². The Morgan fingerprint density at radius 3 is 2.82 bits per heavy atom. The van der Waals surface area contributed by atoms with Crippen LogP contribution in [0, 0.1) is 5.92 Å². The molecule has 0 spiro atoms. The van der Waals surface area contributed by atoms with Gasteiger partial charge in [-0.2, -0.15) is 0 Å². The number of halogens is 1. The average Bonchev–Trinajstić information content (AvgIpc) is 3.51. The Bertz CT molecular complexity index is 1160. The van der Waals surface area contributed by atoms with E-state index in [0.717, 1.165) is 66.3 Å². The third-order valence-corrected chi connectivity index (χ3v) is 8.76. The van der Waals surface area contributed by atoms with Gasteiger partial charge in [-0.25, -0.2) is 0 Å². The highest BCUT2D eigenvalue weighted by atomic mass is 79.9. The van der Waals surface area contributed by atoms with Crippen molar-refractivity contribution in [3.63, 3.8) is 0 Å². The Kier molecular flexibility index (Phi) is 7.16. The van der Waals surface area contributed by atoms with Gasteiger partial charge in [0.1, 0.15) is 10.9 Å². The molecule has 1 aromatic carbocycles. The van der Waals surface area contributed by atoms with Crippen LogP contribution in [0.15, 0.2) is 33.8 Å². The maximum atomic E-state index is 13.1. The van der Waals surface area contributed by atoms with E-state index < -0.39 is 0 Å². The van der Waals surface area contributed by atoms with Crippen molar-refractivity contribution in [1.29, 1.82) is 0 Å². The van der Waals surface area contributed by atoms with Crippen molar-refractivity contribution in [2.75, 3.05) is 26.2 Å². The number of amides is 2. The van der Waals surface area contributed by atoms with Gasteiger partial charge in [-0.3, -0.25) is 14.5 Å². The number of likely N-dealkylation sites (tertiary alicyclic amines) is 1. The lowest BCUT2D eigenvalue weighted by Gasteiger charge is -2.30. The molecule has 1 atom stereocenters. The van der Waals surface area contributed by atoms with Crippen LogP contribution in [0.3, 0.4) is 0 Å². The monoisotopic (exact) mass is 561 g/mol. The van der Waals surface area contributed by atoms with Crippen LogP contribution in [0.5, 0.6) is 0 Å². The quantitative estimate of drug-likeness (QED) is 0.378. The summed E-state index contributed by atoms with van der Waals surface area (Å²) in [6, 6.07) is 6.04. The van der Waals surface area contributed by atoms with Gasteiger partial charge in [-0.1, -0.05) is 46.8 Å². The van der Waals surface area contributed by atoms with Crippen LogP contribution in [0.4, 0.5) is 0 Å². The first-order valence-corrected chi connectivity index (χ1v) is 13.8. The van der Waals surface area contributed by atoms with Crippen LogP contribution >= 0.6 is 39.9 Å². The largest absolute Gasteiger partial charge is 0.376 e. The van der Waals surface area contributed by atoms with Crippen molar-refractivity contribution in [2.45, 2.75) is 45.3 Å². The molecular formula is C25H28BrN3O3S2. The summed E-state index contributed by atoms with van der Waals surface area (Å²) in [5, 5.41) is 0.999. The minimum atomic E-state index is -0.0695. The van der Waals surface area contributed by atoms with Crippen LogP contribution < -0.4 is 0 Å². The van der Waals surface area contributed by atoms with Gasteiger partial charge < -0.3 is 14.2 Å². The van der Waals surface area contributed by atoms with Crippen LogP contribution in [-0.4, -0.2) is 62.8 Å². The topological polar surface area (TPSA) is 54.8 Å². The predicted octanol–water partition coefficient (Wildman–Crippen LogP) is 5.04. The molecule has 0 radical (unpaired) electrons. The van der Waals surface area contributed by atoms with Gasteiger partial charge in [0.05, 0.1) is 17.6 Å². The van der Waals surface area contributed by atoms with Crippen LogP contribution in [0.2, 0.25) is 0 Å². The normalized spacial score (nSPS) is 23.1. The number of nitrogens with zero attached hydrogens (tertiary/aromatic N) is 3. The first kappa shape index (κ1) is 24.0. The smallest absolute Gasteiger partial charge is 0.266 e. The van der Waals surface area contributed by atoms with E-state index in [1.54, 1.807) is 4.90 Å². The Balaban J connectivity index is 1.40. The van der Waals surface area contributed by atoms with E-state index in [9.17, 15) is 9.59 Å². The minimum absolute atomic E-state index is 0.0588. The van der Waals surface area contributed by atoms with E-state index in [0.29, 0.717) is 28.2 Å². The number of fused-ring (bicyclic) bond motifs is 1. The van der Waals surface area contributed by atoms with Crippen molar-refractivity contribution >= 4 is 73.0 Å². The molecule has 180 valence electrons. The molecule has 3 saturated heterocycles. The fourth-order valence-electron chi connectivity index (χ4n) is 4.84. The third-order valence-electron chi connectivity index (χ3n) is 6.89. The summed E-state index contributed by atoms with van der Waals surface area (Å²) in [6.07, 6.45) is 8.05. The van der Waals surface area contributed by atoms with E-state index >= 15 is 0 Å². The maximum absolute atomic E-state index is 13.1. The van der Waals surface area contributed by atoms with E-state index in [1.165, 1.54) is 11.8 Å². The number of hydrogen-bond acceptors (Lipinski definition) is 5. The summed E-state index contributed by atoms with van der Waals surface area (Å²) in [4.78, 5) is 30.4. The number of carbonyl (C=O) groups is 2. The van der Waals surface area contributed by atoms with E-state index in [4.69, 9.17) is 17.0 Å². The number of thioether (sulfide) groups is 1. The van der Waals surface area contributed by atoms with Crippen molar-refractivity contribution in [1.82, 2.24) is 14.4 Å². The lowest BCUT2D eigenvalue weighted by Crippen LogP contribution is -2.39. The van der Waals surface area contributed by atoms with Gasteiger partial charge in [-0.05, 0) is 55.9 Å². The molecule has 34 heavy (non-hydrogen) atoms. The van der Waals surface area contributed by atoms with Gasteiger partial charge in [0.2, 0.25) is 5.91 Å². The first-order chi connectivity index (χ1) is 16.4. The van der Waals surface area contributed by atoms with E-state index in [2.05, 4.69) is 22.9 Å². The standard InChI is InChI=1S/C25H28BrN3O3S2/c1-16-6-8-27(9-7-16)23(30)15-28-13-17(20-12-18(26)4-5-21(20)28)11-22-24(31)29(25(33)34-22)14-19-3-2-10-32-19/h4-5,11-13,16,19H,2-3,6-10,14-15H2,1H3/b22-11-/t19-/m1/s1. The fraction of sp³-hybridized carbons (Fsp3) is 0.480. The molecule has 2 amide bonds. The van der Waals surface area contributed by atoms with E-state index in [1.807, 2.05) is 39.9 Å². The van der Waals surface area contributed by atoms with Crippen molar-refractivity contribution in [2.24, 2.45) is 5.92 Å². The van der Waals surface area contributed by atoms with Crippen molar-refractivity contribution in [3.8, 4) is 0 Å². The Hall–Kier alpha value is -1.68. The number of piperidine rings is 1. The lowest BCUT2D eigenvalue weighted by molar-refractivity contribution is -0.133. The molecule has 5 rings (SSSR count). The van der Waals surface area contributed by atoms with Crippen LogP contribution in [0.1, 0.15) is 38.2 Å². The number of thiocarbonyl (C=S) groups is 1. The summed E-state index contributed by atoms with van der Waals surface area (Å²) in [6.45, 7) is 5.45. The molecule has 3 aliphatic heterocycles. The number of ether oxygens (including phenoxy) is 1. The first-order valence-electron chi connectivity index (χ1n) is 11.8. The zero-order valence-electron chi connectivity index (χ0n) is 19.2. The summed E-state index contributed by atoms with van der Waals surface area (Å²) >= 11 is 10.4. The minimum Gasteiger partial charge on any atom is -0.376 e. The highest BCUT2D eigenvalue weighted by Crippen LogP contribution is 2.36. The molecule has 0 N–H and O–H groups in total. The number of benzene rings is 1. The summed E-state index contributed by atoms with van der Waals surface area (Å²) in [5.41, 5.74) is 1.89. The zero-order chi connectivity index (χ0) is 23.8. The molecule has 1 aromatic heterocycles. The highest BCUT2D eigenvalue weighted by Gasteiger charge is 2.35. The summed E-state index contributed by atoms with van der Waals surface area (Å²) in [5.74, 6) is 0.750. The molecule has 3 fully saturated rings. The number of carbonyl (C=O) groups excluding carboxylic acids is 2. The molecule has 0 saturated carbocycles. The molecule has 4 heterocycles. The average molecular weight is 563 g/mol. The number of rotatable bonds is 5. The molecule has 9 heteroatoms. The second-order valence-electron chi connectivity index (χ2n) is 9.36. The highest BCUT2D eigenvalue weighted by molar-refractivity contribution is 9.10. The molecule has 0 unspecified atom stereocenters. The zero-order valence-corrected chi connectivity index (χ0v) is 22.4. The van der Waals surface area contributed by atoms with Gasteiger partial charge >= 0.3 is 0 Å². The SMILES string of the molecule is CC1CCN(C(=O)Cn2cc(/C=C3\SC(=S)N(C[C@H]4CCCO4)C3=O)c3cc(Br)ccc32)CC1. The predicted molar refractivity (Wildman–Crippen MR) is 143 cm³/mol. The van der Waals surface area contributed by atoms with Crippen molar-refractivity contribution in [3.05, 3.63) is 39.3 Å². The van der Waals surface area contributed by atoms with Crippen LogP contribution in [-0.2, 0) is 20.9 Å². The molecule has 2 aromatic rings. The number of aromatic nitrogens is 1. The maximum Gasteiger partial charge on any atom is 0.266 e. The fourth-order valence-corrected chi connectivity index (χ4v) is 6.46. The Morgan fingerprint density at radius 1 is 1.29 bits per heavy atom. The van der Waals surface area contributed by atoms with Crippen molar-refractivity contribution < 1.29 is 14.3 Å². The van der Waals surface area contributed by atoms with Crippen LogP contribution in [0.25, 0.3) is 17.0 Å². The Labute approximate surface area is 217 Å². The molecule has 0 bridgehead atoms. The lowest BCUT2D eigenvalue weighted by atomic mass is 9.99. The second kappa shape index (κ2) is 10.1.